The number of amides is 1. The summed E-state index contributed by atoms with van der Waals surface area (Å²) < 4.78 is 5.90. The van der Waals surface area contributed by atoms with E-state index in [1.54, 1.807) is 13.0 Å². The minimum atomic E-state index is 0.181. The number of likely N-dealkylation sites (tertiary alicyclic amines) is 1. The van der Waals surface area contributed by atoms with Crippen molar-refractivity contribution in [1.29, 1.82) is 0 Å². The van der Waals surface area contributed by atoms with Gasteiger partial charge >= 0.3 is 0 Å². The smallest absolute Gasteiger partial charge is 0.219 e. The van der Waals surface area contributed by atoms with E-state index in [4.69, 9.17) is 4.74 Å². The van der Waals surface area contributed by atoms with Crippen molar-refractivity contribution in [2.24, 2.45) is 5.92 Å². The first kappa shape index (κ1) is 21.8. The summed E-state index contributed by atoms with van der Waals surface area (Å²) in [7, 11) is 1.91. The molecule has 4 heteroatoms. The van der Waals surface area contributed by atoms with Crippen molar-refractivity contribution in [3.05, 3.63) is 59.6 Å². The SMILES string of the molecule is C=C/C=C(\NC)C(C=C/C(=C\C)OCCCC1CN(C(C)=O)C1)=C(C)C. The Morgan fingerprint density at radius 3 is 2.46 bits per heavy atom. The molecule has 0 saturated carbocycles. The highest BCUT2D eigenvalue weighted by Crippen LogP contribution is 2.21. The molecule has 1 N–H and O–H groups in total. The number of hydrogen-bond acceptors (Lipinski definition) is 3. The Morgan fingerprint density at radius 1 is 1.27 bits per heavy atom. The predicted molar refractivity (Wildman–Crippen MR) is 110 cm³/mol. The Labute approximate surface area is 159 Å². The zero-order valence-corrected chi connectivity index (χ0v) is 17.0. The lowest BCUT2D eigenvalue weighted by atomic mass is 9.95. The van der Waals surface area contributed by atoms with Gasteiger partial charge in [0.1, 0.15) is 5.76 Å². The van der Waals surface area contributed by atoms with E-state index in [1.807, 2.05) is 37.1 Å². The molecule has 144 valence electrons. The van der Waals surface area contributed by atoms with Crippen LogP contribution in [0.5, 0.6) is 0 Å². The van der Waals surface area contributed by atoms with Gasteiger partial charge < -0.3 is 15.0 Å². The Kier molecular flexibility index (Phi) is 9.56. The summed E-state index contributed by atoms with van der Waals surface area (Å²) in [4.78, 5) is 13.1. The van der Waals surface area contributed by atoms with E-state index < -0.39 is 0 Å². The highest BCUT2D eigenvalue weighted by Gasteiger charge is 2.27. The summed E-state index contributed by atoms with van der Waals surface area (Å²) in [6.07, 6.45) is 11.9. The van der Waals surface area contributed by atoms with Gasteiger partial charge in [0.2, 0.25) is 5.91 Å². The van der Waals surface area contributed by atoms with E-state index in [0.29, 0.717) is 12.5 Å². The third-order valence-corrected chi connectivity index (χ3v) is 4.51. The molecular weight excluding hydrogens is 324 g/mol. The Bertz CT molecular complexity index is 602. The number of carbonyl (C=O) groups is 1. The first-order chi connectivity index (χ1) is 12.4. The zero-order chi connectivity index (χ0) is 19.5. The largest absolute Gasteiger partial charge is 0.494 e. The van der Waals surface area contributed by atoms with Gasteiger partial charge in [-0.3, -0.25) is 4.79 Å². The second-order valence-electron chi connectivity index (χ2n) is 6.78. The summed E-state index contributed by atoms with van der Waals surface area (Å²) in [6, 6.07) is 0. The van der Waals surface area contributed by atoms with Gasteiger partial charge in [0.25, 0.3) is 0 Å². The molecule has 4 nitrogen and oxygen atoms in total. The molecule has 0 bridgehead atoms. The molecule has 26 heavy (non-hydrogen) atoms. The molecular formula is C22H34N2O2. The monoisotopic (exact) mass is 358 g/mol. The first-order valence-corrected chi connectivity index (χ1v) is 9.33. The molecule has 1 amide bonds. The van der Waals surface area contributed by atoms with Crippen LogP contribution in [0.2, 0.25) is 0 Å². The molecule has 0 spiro atoms. The van der Waals surface area contributed by atoms with E-state index in [-0.39, 0.29) is 5.91 Å². The van der Waals surface area contributed by atoms with Gasteiger partial charge in [-0.1, -0.05) is 18.2 Å². The van der Waals surface area contributed by atoms with Gasteiger partial charge in [-0.2, -0.15) is 0 Å². The molecule has 0 aromatic rings. The maximum absolute atomic E-state index is 11.2. The fourth-order valence-electron chi connectivity index (χ4n) is 2.92. The van der Waals surface area contributed by atoms with Crippen LogP contribution < -0.4 is 5.32 Å². The molecule has 1 aliphatic rings. The van der Waals surface area contributed by atoms with Crippen molar-refractivity contribution in [2.45, 2.75) is 40.5 Å². The number of nitrogens with zero attached hydrogens (tertiary/aromatic N) is 1. The summed E-state index contributed by atoms with van der Waals surface area (Å²) >= 11 is 0. The molecule has 0 unspecified atom stereocenters. The van der Waals surface area contributed by atoms with Crippen molar-refractivity contribution in [3.8, 4) is 0 Å². The number of carbonyl (C=O) groups excluding carboxylic acids is 1. The van der Waals surface area contributed by atoms with Crippen LogP contribution in [-0.2, 0) is 9.53 Å². The number of likely N-dealkylation sites (N-methyl/N-ethyl adjacent to an activating group) is 1. The van der Waals surface area contributed by atoms with Crippen LogP contribution in [0, 0.1) is 5.92 Å². The summed E-state index contributed by atoms with van der Waals surface area (Å²) in [5.74, 6) is 1.68. The van der Waals surface area contributed by atoms with Gasteiger partial charge in [0, 0.05) is 32.8 Å². The molecule has 0 atom stereocenters. The highest BCUT2D eigenvalue weighted by molar-refractivity contribution is 5.74. The average molecular weight is 359 g/mol. The summed E-state index contributed by atoms with van der Waals surface area (Å²) in [6.45, 7) is 14.1. The Hall–Kier alpha value is -2.23. The lowest BCUT2D eigenvalue weighted by Gasteiger charge is -2.38. The van der Waals surface area contributed by atoms with Crippen LogP contribution in [0.1, 0.15) is 40.5 Å². The van der Waals surface area contributed by atoms with Crippen molar-refractivity contribution >= 4 is 5.91 Å². The summed E-state index contributed by atoms with van der Waals surface area (Å²) in [5, 5.41) is 3.21. The molecule has 1 fully saturated rings. The highest BCUT2D eigenvalue weighted by atomic mass is 16.5. The molecule has 0 aromatic heterocycles. The van der Waals surface area contributed by atoms with E-state index in [9.17, 15) is 4.79 Å². The van der Waals surface area contributed by atoms with Gasteiger partial charge in [-0.25, -0.2) is 0 Å². The Morgan fingerprint density at radius 2 is 1.96 bits per heavy atom. The minimum Gasteiger partial charge on any atom is -0.494 e. The van der Waals surface area contributed by atoms with Gasteiger partial charge in [-0.05, 0) is 69.4 Å². The maximum Gasteiger partial charge on any atom is 0.219 e. The van der Waals surface area contributed by atoms with Crippen LogP contribution in [-0.4, -0.2) is 37.6 Å². The van der Waals surface area contributed by atoms with Crippen LogP contribution >= 0.6 is 0 Å². The van der Waals surface area contributed by atoms with E-state index in [1.165, 1.54) is 5.57 Å². The van der Waals surface area contributed by atoms with Crippen LogP contribution in [0.15, 0.2) is 59.6 Å². The number of hydrogen-bond donors (Lipinski definition) is 1. The van der Waals surface area contributed by atoms with E-state index in [2.05, 4.69) is 31.8 Å². The molecule has 0 radical (unpaired) electrons. The normalized spacial score (nSPS) is 15.7. The minimum absolute atomic E-state index is 0.181. The fourth-order valence-corrected chi connectivity index (χ4v) is 2.92. The quantitative estimate of drug-likeness (QED) is 0.359. The van der Waals surface area contributed by atoms with Gasteiger partial charge in [-0.15, -0.1) is 0 Å². The average Bonchev–Trinajstić information content (AvgIpc) is 2.56. The standard InChI is InChI=1S/C22H34N2O2/c1-7-10-22(23-6)21(17(3)4)13-12-20(8-2)26-14-9-11-19-15-24(16-19)18(5)25/h7-8,10,12-13,19,23H,1,9,11,14-16H2,2-6H3/b13-12?,20-8+,22-10-. The van der Waals surface area contributed by atoms with Crippen LogP contribution in [0.3, 0.4) is 0 Å². The number of nitrogens with one attached hydrogen (secondary N) is 1. The molecule has 1 saturated heterocycles. The first-order valence-electron chi connectivity index (χ1n) is 9.33. The van der Waals surface area contributed by atoms with E-state index >= 15 is 0 Å². The molecule has 1 rings (SSSR count). The summed E-state index contributed by atoms with van der Waals surface area (Å²) in [5.41, 5.74) is 3.39. The molecule has 1 heterocycles. The van der Waals surface area contributed by atoms with Crippen LogP contribution in [0.25, 0.3) is 0 Å². The third kappa shape index (κ3) is 6.95. The lowest BCUT2D eigenvalue weighted by molar-refractivity contribution is -0.135. The van der Waals surface area contributed by atoms with Gasteiger partial charge in [0.15, 0.2) is 0 Å². The predicted octanol–water partition coefficient (Wildman–Crippen LogP) is 4.35. The van der Waals surface area contributed by atoms with Crippen molar-refractivity contribution in [1.82, 2.24) is 10.2 Å². The van der Waals surface area contributed by atoms with Crippen molar-refractivity contribution in [3.63, 3.8) is 0 Å². The fraction of sp³-hybridized carbons (Fsp3) is 0.500. The second kappa shape index (κ2) is 11.4. The van der Waals surface area contributed by atoms with Gasteiger partial charge in [0.05, 0.1) is 6.61 Å². The second-order valence-corrected chi connectivity index (χ2v) is 6.78. The van der Waals surface area contributed by atoms with Crippen LogP contribution in [0.4, 0.5) is 0 Å². The lowest BCUT2D eigenvalue weighted by Crippen LogP contribution is -2.48. The van der Waals surface area contributed by atoms with Crippen molar-refractivity contribution in [2.75, 3.05) is 26.7 Å². The third-order valence-electron chi connectivity index (χ3n) is 4.51. The maximum atomic E-state index is 11.2. The molecule has 0 aliphatic carbocycles. The molecule has 1 aliphatic heterocycles. The zero-order valence-electron chi connectivity index (χ0n) is 17.0. The Balaban J connectivity index is 2.47. The number of rotatable bonds is 10. The van der Waals surface area contributed by atoms with E-state index in [0.717, 1.165) is 43.0 Å². The topological polar surface area (TPSA) is 41.6 Å². The number of allylic oxidation sites excluding steroid dienone is 6. The molecule has 0 aromatic carbocycles. The number of ether oxygens (including phenoxy) is 1. The van der Waals surface area contributed by atoms with Crippen molar-refractivity contribution < 1.29 is 9.53 Å².